The third-order valence-electron chi connectivity index (χ3n) is 5.28. The lowest BCUT2D eigenvalue weighted by Gasteiger charge is -2.16. The summed E-state index contributed by atoms with van der Waals surface area (Å²) < 4.78 is 3.07. The van der Waals surface area contributed by atoms with Crippen LogP contribution in [0.1, 0.15) is 52.8 Å². The van der Waals surface area contributed by atoms with Gasteiger partial charge in [-0.2, -0.15) is 0 Å². The summed E-state index contributed by atoms with van der Waals surface area (Å²) in [4.78, 5) is 25.3. The largest absolute Gasteiger partial charge is 0.342 e. The molecule has 1 heterocycles. The number of aryl methyl sites for hydroxylation is 3. The second-order valence-electron chi connectivity index (χ2n) is 7.85. The number of carbonyl (C=O) groups excluding carboxylic acids is 2. The van der Waals surface area contributed by atoms with Crippen LogP contribution in [0.2, 0.25) is 0 Å². The number of rotatable bonds is 8. The maximum absolute atomic E-state index is 12.7. The van der Waals surface area contributed by atoms with E-state index < -0.39 is 0 Å². The lowest BCUT2D eigenvalue weighted by atomic mass is 10.1. The summed E-state index contributed by atoms with van der Waals surface area (Å²) in [5.41, 5.74) is 4.48. The van der Waals surface area contributed by atoms with E-state index in [4.69, 9.17) is 0 Å². The summed E-state index contributed by atoms with van der Waals surface area (Å²) in [5.74, 6) is 0.628. The van der Waals surface area contributed by atoms with Crippen LogP contribution in [-0.2, 0) is 11.3 Å². The molecule has 9 heteroatoms. The van der Waals surface area contributed by atoms with Crippen molar-refractivity contribution in [2.75, 3.05) is 11.1 Å². The number of nitrogens with one attached hydrogen (secondary N) is 2. The van der Waals surface area contributed by atoms with Gasteiger partial charge in [0.2, 0.25) is 5.91 Å². The predicted octanol–water partition coefficient (Wildman–Crippen LogP) is 5.05. The summed E-state index contributed by atoms with van der Waals surface area (Å²) in [6, 6.07) is 11.2. The highest BCUT2D eigenvalue weighted by molar-refractivity contribution is 14.1. The topological polar surface area (TPSA) is 88.9 Å². The molecule has 174 valence electrons. The van der Waals surface area contributed by atoms with E-state index in [2.05, 4.69) is 43.4 Å². The fraction of sp³-hybridized carbons (Fsp3) is 0.333. The number of aromatic nitrogens is 3. The lowest BCUT2D eigenvalue weighted by Crippen LogP contribution is -2.29. The molecule has 1 aromatic heterocycles. The van der Waals surface area contributed by atoms with Crippen LogP contribution in [-0.4, -0.2) is 32.3 Å². The SMILES string of the molecule is CCn1c(SCC(=O)Nc2c(C)cc(I)cc2C)nnc1[C@H](C)NC(=O)c1ccccc1C. The van der Waals surface area contributed by atoms with E-state index in [1.54, 1.807) is 6.07 Å². The van der Waals surface area contributed by atoms with E-state index >= 15 is 0 Å². The third-order valence-corrected chi connectivity index (χ3v) is 6.87. The van der Waals surface area contributed by atoms with Crippen molar-refractivity contribution in [2.24, 2.45) is 0 Å². The highest BCUT2D eigenvalue weighted by Gasteiger charge is 2.21. The Labute approximate surface area is 212 Å². The van der Waals surface area contributed by atoms with Gasteiger partial charge in [-0.15, -0.1) is 10.2 Å². The van der Waals surface area contributed by atoms with Gasteiger partial charge in [-0.3, -0.25) is 9.59 Å². The predicted molar refractivity (Wildman–Crippen MR) is 141 cm³/mol. The van der Waals surface area contributed by atoms with Crippen molar-refractivity contribution in [3.63, 3.8) is 0 Å². The summed E-state index contributed by atoms with van der Waals surface area (Å²) in [6.45, 7) is 10.4. The second kappa shape index (κ2) is 11.1. The van der Waals surface area contributed by atoms with Crippen LogP contribution in [0.4, 0.5) is 5.69 Å². The van der Waals surface area contributed by atoms with Crippen LogP contribution < -0.4 is 10.6 Å². The molecule has 7 nitrogen and oxygen atoms in total. The Morgan fingerprint density at radius 3 is 2.39 bits per heavy atom. The number of anilines is 1. The molecule has 3 rings (SSSR count). The summed E-state index contributed by atoms with van der Waals surface area (Å²) in [5, 5.41) is 15.2. The number of nitrogens with zero attached hydrogens (tertiary/aromatic N) is 3. The minimum atomic E-state index is -0.329. The Morgan fingerprint density at radius 2 is 1.76 bits per heavy atom. The first-order valence-corrected chi connectivity index (χ1v) is 12.8. The molecule has 0 aliphatic heterocycles. The molecule has 2 amide bonds. The zero-order valence-electron chi connectivity index (χ0n) is 19.4. The minimum Gasteiger partial charge on any atom is -0.342 e. The van der Waals surface area contributed by atoms with Crippen molar-refractivity contribution in [1.82, 2.24) is 20.1 Å². The molecule has 0 radical (unpaired) electrons. The Hall–Kier alpha value is -2.40. The number of amides is 2. The van der Waals surface area contributed by atoms with Crippen LogP contribution >= 0.6 is 34.4 Å². The van der Waals surface area contributed by atoms with E-state index in [1.807, 2.05) is 69.5 Å². The zero-order valence-corrected chi connectivity index (χ0v) is 22.4. The average molecular weight is 577 g/mol. The first kappa shape index (κ1) is 25.2. The maximum atomic E-state index is 12.7. The van der Waals surface area contributed by atoms with E-state index in [1.165, 1.54) is 11.8 Å². The number of thioether (sulfide) groups is 1. The van der Waals surface area contributed by atoms with Crippen molar-refractivity contribution in [3.8, 4) is 0 Å². The van der Waals surface area contributed by atoms with Gasteiger partial charge in [0.05, 0.1) is 11.8 Å². The Morgan fingerprint density at radius 1 is 1.09 bits per heavy atom. The molecule has 0 fully saturated rings. The van der Waals surface area contributed by atoms with E-state index in [9.17, 15) is 9.59 Å². The smallest absolute Gasteiger partial charge is 0.252 e. The van der Waals surface area contributed by atoms with Gasteiger partial charge in [-0.25, -0.2) is 0 Å². The molecule has 0 spiro atoms. The van der Waals surface area contributed by atoms with Gasteiger partial charge in [0.15, 0.2) is 11.0 Å². The van der Waals surface area contributed by atoms with Crippen molar-refractivity contribution >= 4 is 51.9 Å². The van der Waals surface area contributed by atoms with Gasteiger partial charge in [0, 0.05) is 21.4 Å². The van der Waals surface area contributed by atoms with Gasteiger partial charge in [-0.05, 0) is 92.1 Å². The van der Waals surface area contributed by atoms with E-state index in [-0.39, 0.29) is 23.6 Å². The molecule has 0 saturated carbocycles. The molecular weight excluding hydrogens is 549 g/mol. The molecule has 3 aromatic rings. The zero-order chi connectivity index (χ0) is 24.1. The van der Waals surface area contributed by atoms with Crippen molar-refractivity contribution in [1.29, 1.82) is 0 Å². The lowest BCUT2D eigenvalue weighted by molar-refractivity contribution is -0.113. The summed E-state index contributed by atoms with van der Waals surface area (Å²) in [7, 11) is 0. The number of hydrogen-bond acceptors (Lipinski definition) is 5. The Bertz CT molecular complexity index is 1150. The molecule has 0 aliphatic carbocycles. The highest BCUT2D eigenvalue weighted by atomic mass is 127. The number of hydrogen-bond donors (Lipinski definition) is 2. The first-order chi connectivity index (χ1) is 15.7. The quantitative estimate of drug-likeness (QED) is 0.289. The van der Waals surface area contributed by atoms with Crippen LogP contribution in [0.25, 0.3) is 0 Å². The minimum absolute atomic E-state index is 0.0967. The van der Waals surface area contributed by atoms with Gasteiger partial charge >= 0.3 is 0 Å². The fourth-order valence-corrected chi connectivity index (χ4v) is 5.35. The summed E-state index contributed by atoms with van der Waals surface area (Å²) >= 11 is 3.60. The third kappa shape index (κ3) is 6.14. The Balaban J connectivity index is 1.66. The van der Waals surface area contributed by atoms with Crippen LogP contribution in [0.3, 0.4) is 0 Å². The van der Waals surface area contributed by atoms with Crippen LogP contribution in [0.15, 0.2) is 41.6 Å². The fourth-order valence-electron chi connectivity index (χ4n) is 3.60. The van der Waals surface area contributed by atoms with Crippen molar-refractivity contribution < 1.29 is 9.59 Å². The Kier molecular flexibility index (Phi) is 8.52. The molecular formula is C24H28IN5O2S. The number of benzene rings is 2. The van der Waals surface area contributed by atoms with E-state index in [0.717, 1.165) is 25.9 Å². The molecule has 0 bridgehead atoms. The molecule has 1 atom stereocenters. The average Bonchev–Trinajstić information content (AvgIpc) is 3.18. The first-order valence-electron chi connectivity index (χ1n) is 10.7. The standard InChI is InChI=1S/C24H28IN5O2S/c1-6-30-22(17(5)26-23(32)19-10-8-7-9-14(19)2)28-29-24(30)33-13-20(31)27-21-15(3)11-18(25)12-16(21)4/h7-12,17H,6,13H2,1-5H3,(H,26,32)(H,27,31)/t17-/m0/s1. The molecule has 33 heavy (non-hydrogen) atoms. The van der Waals surface area contributed by atoms with Gasteiger partial charge < -0.3 is 15.2 Å². The van der Waals surface area contributed by atoms with Gasteiger partial charge in [0.1, 0.15) is 0 Å². The molecule has 2 aromatic carbocycles. The van der Waals surface area contributed by atoms with Crippen molar-refractivity contribution in [3.05, 3.63) is 68.0 Å². The monoisotopic (exact) mass is 577 g/mol. The van der Waals surface area contributed by atoms with Crippen LogP contribution in [0, 0.1) is 24.3 Å². The maximum Gasteiger partial charge on any atom is 0.252 e. The second-order valence-corrected chi connectivity index (χ2v) is 10.0. The van der Waals surface area contributed by atoms with Gasteiger partial charge in [-0.1, -0.05) is 30.0 Å². The van der Waals surface area contributed by atoms with E-state index in [0.29, 0.717) is 23.1 Å². The highest BCUT2D eigenvalue weighted by Crippen LogP contribution is 2.25. The van der Waals surface area contributed by atoms with Crippen molar-refractivity contribution in [2.45, 2.75) is 52.4 Å². The molecule has 0 unspecified atom stereocenters. The molecule has 2 N–H and O–H groups in total. The number of halogens is 1. The molecule has 0 saturated heterocycles. The van der Waals surface area contributed by atoms with Gasteiger partial charge in [0.25, 0.3) is 5.91 Å². The normalized spacial score (nSPS) is 11.8. The number of carbonyl (C=O) groups is 2. The summed E-state index contributed by atoms with van der Waals surface area (Å²) in [6.07, 6.45) is 0. The molecule has 0 aliphatic rings. The van der Waals surface area contributed by atoms with Crippen LogP contribution in [0.5, 0.6) is 0 Å².